The van der Waals surface area contributed by atoms with Gasteiger partial charge in [-0.1, -0.05) is 12.1 Å². The molecule has 1 aromatic carbocycles. The summed E-state index contributed by atoms with van der Waals surface area (Å²) in [6.07, 6.45) is 1.67. The third-order valence-electron chi connectivity index (χ3n) is 2.96. The molecule has 0 fully saturated rings. The number of aliphatic hydroxyl groups excluding tert-OH is 1. The number of amides is 1. The number of methoxy groups -OCH3 is 1. The zero-order chi connectivity index (χ0) is 12.3. The van der Waals surface area contributed by atoms with Crippen LogP contribution in [0, 0.1) is 0 Å². The van der Waals surface area contributed by atoms with Crippen molar-refractivity contribution >= 4 is 11.6 Å². The van der Waals surface area contributed by atoms with E-state index in [-0.39, 0.29) is 12.5 Å². The first-order valence-corrected chi connectivity index (χ1v) is 5.80. The molecule has 1 heterocycles. The van der Waals surface area contributed by atoms with Crippen LogP contribution in [0.3, 0.4) is 0 Å². The molecular weight excluding hydrogens is 218 g/mol. The summed E-state index contributed by atoms with van der Waals surface area (Å²) in [4.78, 5) is 11.4. The largest absolute Gasteiger partial charge is 0.386 e. The molecule has 1 atom stereocenters. The van der Waals surface area contributed by atoms with Gasteiger partial charge in [-0.2, -0.15) is 0 Å². The van der Waals surface area contributed by atoms with E-state index in [1.54, 1.807) is 7.11 Å². The van der Waals surface area contributed by atoms with Gasteiger partial charge in [0, 0.05) is 19.2 Å². The van der Waals surface area contributed by atoms with Gasteiger partial charge in [-0.15, -0.1) is 0 Å². The molecular formula is C13H17NO3. The Morgan fingerprint density at radius 1 is 1.47 bits per heavy atom. The number of hydrogen-bond donors (Lipinski definition) is 2. The summed E-state index contributed by atoms with van der Waals surface area (Å²) in [5.74, 6) is 0.0638. The highest BCUT2D eigenvalue weighted by Crippen LogP contribution is 2.25. The Hall–Kier alpha value is -1.39. The number of nitrogens with one attached hydrogen (secondary N) is 1. The third kappa shape index (κ3) is 2.84. The fourth-order valence-corrected chi connectivity index (χ4v) is 2.06. The summed E-state index contributed by atoms with van der Waals surface area (Å²) in [5, 5.41) is 12.7. The highest BCUT2D eigenvalue weighted by atomic mass is 16.5. The Kier molecular flexibility index (Phi) is 3.76. The van der Waals surface area contributed by atoms with Crippen molar-refractivity contribution in [2.24, 2.45) is 0 Å². The first kappa shape index (κ1) is 12.1. The van der Waals surface area contributed by atoms with Crippen LogP contribution in [0.2, 0.25) is 0 Å². The highest BCUT2D eigenvalue weighted by Gasteiger charge is 2.15. The lowest BCUT2D eigenvalue weighted by Gasteiger charge is -2.13. The van der Waals surface area contributed by atoms with Crippen LogP contribution in [0.15, 0.2) is 18.2 Å². The molecule has 0 spiro atoms. The van der Waals surface area contributed by atoms with E-state index in [1.165, 1.54) is 0 Å². The molecule has 0 aliphatic carbocycles. The van der Waals surface area contributed by atoms with Gasteiger partial charge in [0.25, 0.3) is 0 Å². The number of aliphatic hydroxyl groups is 1. The normalized spacial score (nSPS) is 16.9. The molecule has 0 bridgehead atoms. The molecule has 0 saturated heterocycles. The predicted octanol–water partition coefficient (Wildman–Crippen LogP) is 1.64. The Morgan fingerprint density at radius 2 is 2.29 bits per heavy atom. The van der Waals surface area contributed by atoms with Crippen LogP contribution in [-0.4, -0.2) is 24.7 Å². The molecule has 1 aliphatic rings. The van der Waals surface area contributed by atoms with Crippen molar-refractivity contribution in [3.8, 4) is 0 Å². The van der Waals surface area contributed by atoms with Crippen LogP contribution in [-0.2, 0) is 16.0 Å². The molecule has 0 aromatic heterocycles. The number of ether oxygens (including phenoxy) is 1. The maximum absolute atomic E-state index is 11.4. The Labute approximate surface area is 101 Å². The van der Waals surface area contributed by atoms with Crippen molar-refractivity contribution in [3.05, 3.63) is 29.3 Å². The second kappa shape index (κ2) is 5.29. The SMILES string of the molecule is COCC(O)c1ccc2c(c1)CCCC(=O)N2. The average molecular weight is 235 g/mol. The monoisotopic (exact) mass is 235 g/mol. The van der Waals surface area contributed by atoms with Crippen molar-refractivity contribution < 1.29 is 14.6 Å². The molecule has 4 nitrogen and oxygen atoms in total. The van der Waals surface area contributed by atoms with E-state index in [0.29, 0.717) is 6.42 Å². The van der Waals surface area contributed by atoms with Crippen LogP contribution in [0.5, 0.6) is 0 Å². The number of carbonyl (C=O) groups is 1. The quantitative estimate of drug-likeness (QED) is 0.837. The second-order valence-electron chi connectivity index (χ2n) is 4.29. The highest BCUT2D eigenvalue weighted by molar-refractivity contribution is 5.92. The first-order valence-electron chi connectivity index (χ1n) is 5.80. The lowest BCUT2D eigenvalue weighted by molar-refractivity contribution is -0.116. The van der Waals surface area contributed by atoms with E-state index in [4.69, 9.17) is 4.74 Å². The number of hydrogen-bond acceptors (Lipinski definition) is 3. The number of rotatable bonds is 3. The van der Waals surface area contributed by atoms with Crippen LogP contribution in [0.4, 0.5) is 5.69 Å². The van der Waals surface area contributed by atoms with E-state index in [0.717, 1.165) is 29.7 Å². The van der Waals surface area contributed by atoms with E-state index < -0.39 is 6.10 Å². The minimum absolute atomic E-state index is 0.0638. The summed E-state index contributed by atoms with van der Waals surface area (Å²) < 4.78 is 4.92. The number of carbonyl (C=O) groups excluding carboxylic acids is 1. The van der Waals surface area contributed by atoms with Gasteiger partial charge in [-0.3, -0.25) is 4.79 Å². The molecule has 2 N–H and O–H groups in total. The number of anilines is 1. The fraction of sp³-hybridized carbons (Fsp3) is 0.462. The van der Waals surface area contributed by atoms with Crippen LogP contribution in [0.1, 0.15) is 30.1 Å². The van der Waals surface area contributed by atoms with E-state index in [2.05, 4.69) is 5.32 Å². The maximum Gasteiger partial charge on any atom is 0.224 e. The summed E-state index contributed by atoms with van der Waals surface area (Å²) in [5.41, 5.74) is 2.78. The summed E-state index contributed by atoms with van der Waals surface area (Å²) in [6.45, 7) is 0.283. The minimum Gasteiger partial charge on any atom is -0.386 e. The van der Waals surface area contributed by atoms with Gasteiger partial charge >= 0.3 is 0 Å². The molecule has 0 radical (unpaired) electrons. The third-order valence-corrected chi connectivity index (χ3v) is 2.96. The van der Waals surface area contributed by atoms with Crippen LogP contribution >= 0.6 is 0 Å². The molecule has 0 saturated carbocycles. The fourth-order valence-electron chi connectivity index (χ4n) is 2.06. The van der Waals surface area contributed by atoms with Gasteiger partial charge in [-0.25, -0.2) is 0 Å². The topological polar surface area (TPSA) is 58.6 Å². The van der Waals surface area contributed by atoms with E-state index in [1.807, 2.05) is 18.2 Å². The van der Waals surface area contributed by atoms with Crippen molar-refractivity contribution in [1.29, 1.82) is 0 Å². The summed E-state index contributed by atoms with van der Waals surface area (Å²) >= 11 is 0. The molecule has 1 unspecified atom stereocenters. The van der Waals surface area contributed by atoms with Crippen molar-refractivity contribution in [1.82, 2.24) is 0 Å². The van der Waals surface area contributed by atoms with E-state index in [9.17, 15) is 9.90 Å². The number of benzene rings is 1. The zero-order valence-electron chi connectivity index (χ0n) is 9.90. The van der Waals surface area contributed by atoms with E-state index >= 15 is 0 Å². The Balaban J connectivity index is 2.24. The van der Waals surface area contributed by atoms with Crippen molar-refractivity contribution in [2.75, 3.05) is 19.0 Å². The van der Waals surface area contributed by atoms with Crippen molar-refractivity contribution in [2.45, 2.75) is 25.4 Å². The van der Waals surface area contributed by atoms with Gasteiger partial charge in [0.2, 0.25) is 5.91 Å². The Morgan fingerprint density at radius 3 is 3.06 bits per heavy atom. The van der Waals surface area contributed by atoms with Gasteiger partial charge in [0.05, 0.1) is 6.61 Å². The molecule has 1 aliphatic heterocycles. The van der Waals surface area contributed by atoms with Gasteiger partial charge < -0.3 is 15.2 Å². The Bertz CT molecular complexity index is 417. The number of aryl methyl sites for hydroxylation is 1. The molecule has 4 heteroatoms. The van der Waals surface area contributed by atoms with Crippen LogP contribution in [0.25, 0.3) is 0 Å². The second-order valence-corrected chi connectivity index (χ2v) is 4.29. The zero-order valence-corrected chi connectivity index (χ0v) is 9.90. The lowest BCUT2D eigenvalue weighted by Crippen LogP contribution is -2.10. The summed E-state index contributed by atoms with van der Waals surface area (Å²) in [7, 11) is 1.56. The maximum atomic E-state index is 11.4. The minimum atomic E-state index is -0.607. The van der Waals surface area contributed by atoms with Gasteiger partial charge in [-0.05, 0) is 30.0 Å². The van der Waals surface area contributed by atoms with Crippen molar-refractivity contribution in [3.63, 3.8) is 0 Å². The molecule has 1 amide bonds. The molecule has 92 valence electrons. The molecule has 2 rings (SSSR count). The summed E-state index contributed by atoms with van der Waals surface area (Å²) in [6, 6.07) is 5.63. The smallest absolute Gasteiger partial charge is 0.224 e. The molecule has 1 aromatic rings. The lowest BCUT2D eigenvalue weighted by atomic mass is 10.0. The van der Waals surface area contributed by atoms with Gasteiger partial charge in [0.1, 0.15) is 6.10 Å². The first-order chi connectivity index (χ1) is 8.20. The average Bonchev–Trinajstić information content (AvgIpc) is 2.49. The standard InChI is InChI=1S/C13H17NO3/c1-17-8-12(15)10-5-6-11-9(7-10)3-2-4-13(16)14-11/h5-7,12,15H,2-4,8H2,1H3,(H,14,16). The predicted molar refractivity (Wildman–Crippen MR) is 64.8 cm³/mol. The number of fused-ring (bicyclic) bond motifs is 1. The molecule has 17 heavy (non-hydrogen) atoms. The van der Waals surface area contributed by atoms with Crippen LogP contribution < -0.4 is 5.32 Å². The van der Waals surface area contributed by atoms with Gasteiger partial charge in [0.15, 0.2) is 0 Å².